The monoisotopic (exact) mass is 477 g/mol. The summed E-state index contributed by atoms with van der Waals surface area (Å²) in [4.78, 5) is 46.1. The van der Waals surface area contributed by atoms with Crippen molar-refractivity contribution >= 4 is 23.7 Å². The summed E-state index contributed by atoms with van der Waals surface area (Å²) in [6.07, 6.45) is 6.00. The molecule has 2 N–H and O–H groups in total. The SMILES string of the molecule is Cc1cc(C2CC2)cnc1N1CCN(C(=O)c2ccc(C3(C4CC4)NC(=O)NC3=O)cc2F)CC1. The van der Waals surface area contributed by atoms with Crippen LogP contribution in [0.2, 0.25) is 0 Å². The minimum Gasteiger partial charge on any atom is -0.353 e. The molecule has 35 heavy (non-hydrogen) atoms. The molecule has 2 saturated carbocycles. The van der Waals surface area contributed by atoms with Crippen LogP contribution in [0.15, 0.2) is 30.5 Å². The van der Waals surface area contributed by atoms with Gasteiger partial charge in [0.25, 0.3) is 11.8 Å². The lowest BCUT2D eigenvalue weighted by atomic mass is 9.84. The summed E-state index contributed by atoms with van der Waals surface area (Å²) < 4.78 is 15.2. The van der Waals surface area contributed by atoms with Crippen LogP contribution in [0, 0.1) is 18.7 Å². The summed E-state index contributed by atoms with van der Waals surface area (Å²) in [6, 6.07) is 5.89. The van der Waals surface area contributed by atoms with Gasteiger partial charge in [-0.25, -0.2) is 14.2 Å². The number of rotatable bonds is 5. The van der Waals surface area contributed by atoms with Gasteiger partial charge in [0.15, 0.2) is 0 Å². The minimum absolute atomic E-state index is 0.0269. The Hall–Kier alpha value is -3.49. The number of imide groups is 1. The van der Waals surface area contributed by atoms with Gasteiger partial charge >= 0.3 is 6.03 Å². The lowest BCUT2D eigenvalue weighted by molar-refractivity contribution is -0.125. The summed E-state index contributed by atoms with van der Waals surface area (Å²) in [5.74, 6) is 0.00995. The van der Waals surface area contributed by atoms with Gasteiger partial charge in [-0.2, -0.15) is 0 Å². The molecule has 0 radical (unpaired) electrons. The van der Waals surface area contributed by atoms with Crippen molar-refractivity contribution in [2.75, 3.05) is 31.1 Å². The molecule has 4 fully saturated rings. The largest absolute Gasteiger partial charge is 0.353 e. The topological polar surface area (TPSA) is 94.6 Å². The van der Waals surface area contributed by atoms with Crippen molar-refractivity contribution in [1.29, 1.82) is 0 Å². The van der Waals surface area contributed by atoms with Crippen molar-refractivity contribution in [3.05, 3.63) is 58.5 Å². The highest BCUT2D eigenvalue weighted by molar-refractivity contribution is 6.08. The number of carbonyl (C=O) groups is 3. The van der Waals surface area contributed by atoms with E-state index in [0.717, 1.165) is 24.2 Å². The zero-order valence-corrected chi connectivity index (χ0v) is 19.6. The van der Waals surface area contributed by atoms with Crippen molar-refractivity contribution < 1.29 is 18.8 Å². The number of pyridine rings is 1. The molecule has 2 aliphatic heterocycles. The van der Waals surface area contributed by atoms with Gasteiger partial charge in [-0.1, -0.05) is 12.1 Å². The Bertz CT molecular complexity index is 1230. The fraction of sp³-hybridized carbons (Fsp3) is 0.462. The average molecular weight is 478 g/mol. The molecule has 0 bridgehead atoms. The van der Waals surface area contributed by atoms with Crippen LogP contribution in [-0.4, -0.2) is 53.9 Å². The Morgan fingerprint density at radius 1 is 1.09 bits per heavy atom. The number of amides is 4. The number of nitrogens with zero attached hydrogens (tertiary/aromatic N) is 3. The smallest absolute Gasteiger partial charge is 0.322 e. The average Bonchev–Trinajstić information content (AvgIpc) is 3.76. The first-order chi connectivity index (χ1) is 16.9. The number of urea groups is 1. The zero-order valence-electron chi connectivity index (χ0n) is 19.6. The Morgan fingerprint density at radius 2 is 1.83 bits per heavy atom. The maximum Gasteiger partial charge on any atom is 0.322 e. The first kappa shape index (κ1) is 22.0. The number of benzene rings is 1. The first-order valence-corrected chi connectivity index (χ1v) is 12.3. The van der Waals surface area contributed by atoms with Crippen molar-refractivity contribution in [2.24, 2.45) is 5.92 Å². The molecule has 9 heteroatoms. The maximum atomic E-state index is 15.2. The van der Waals surface area contributed by atoms with Crippen molar-refractivity contribution in [3.8, 4) is 0 Å². The van der Waals surface area contributed by atoms with Gasteiger partial charge in [-0.05, 0) is 73.3 Å². The molecule has 2 aromatic rings. The van der Waals surface area contributed by atoms with Crippen LogP contribution in [0.25, 0.3) is 0 Å². The summed E-state index contributed by atoms with van der Waals surface area (Å²) in [6.45, 7) is 4.26. The number of hydrogen-bond donors (Lipinski definition) is 2. The van der Waals surface area contributed by atoms with E-state index in [9.17, 15) is 14.4 Å². The standard InChI is InChI=1S/C26H28FN5O3/c1-15-12-17(16-2-3-16)14-28-22(15)31-8-10-32(11-9-31)23(33)20-7-6-19(13-21(20)27)26(18-4-5-18)24(34)29-25(35)30-26/h6-7,12-14,16,18H,2-5,8-11H2,1H3,(H2,29,30,34,35). The molecule has 1 aromatic heterocycles. The number of carbonyl (C=O) groups excluding carboxylic acids is 3. The molecule has 1 aromatic carbocycles. The Labute approximate surface area is 202 Å². The van der Waals surface area contributed by atoms with Crippen LogP contribution in [-0.2, 0) is 10.3 Å². The second-order valence-corrected chi connectivity index (χ2v) is 10.1. The molecule has 0 spiro atoms. The van der Waals surface area contributed by atoms with E-state index in [1.807, 2.05) is 6.20 Å². The van der Waals surface area contributed by atoms with Gasteiger partial charge in [-0.3, -0.25) is 14.9 Å². The van der Waals surface area contributed by atoms with Crippen LogP contribution in [0.4, 0.5) is 15.0 Å². The van der Waals surface area contributed by atoms with Gasteiger partial charge in [0.2, 0.25) is 0 Å². The Morgan fingerprint density at radius 3 is 2.40 bits per heavy atom. The predicted octanol–water partition coefficient (Wildman–Crippen LogP) is 2.81. The maximum absolute atomic E-state index is 15.2. The number of hydrogen-bond acceptors (Lipinski definition) is 5. The van der Waals surface area contributed by atoms with Crippen LogP contribution in [0.5, 0.6) is 0 Å². The van der Waals surface area contributed by atoms with Crippen LogP contribution in [0.3, 0.4) is 0 Å². The van der Waals surface area contributed by atoms with E-state index in [1.165, 1.54) is 30.5 Å². The third-order valence-electron chi connectivity index (χ3n) is 7.73. The Kier molecular flexibility index (Phi) is 5.05. The van der Waals surface area contributed by atoms with Crippen LogP contribution >= 0.6 is 0 Å². The second-order valence-electron chi connectivity index (χ2n) is 10.1. The summed E-state index contributed by atoms with van der Waals surface area (Å²) in [5.41, 5.74) is 1.53. The number of piperazine rings is 1. The van der Waals surface area contributed by atoms with Crippen molar-refractivity contribution in [1.82, 2.24) is 20.5 Å². The third kappa shape index (κ3) is 3.73. The summed E-state index contributed by atoms with van der Waals surface area (Å²) >= 11 is 0. The van der Waals surface area contributed by atoms with E-state index in [2.05, 4.69) is 33.5 Å². The molecule has 2 saturated heterocycles. The summed E-state index contributed by atoms with van der Waals surface area (Å²) in [5, 5.41) is 4.97. The van der Waals surface area contributed by atoms with E-state index >= 15 is 4.39 Å². The zero-order chi connectivity index (χ0) is 24.3. The number of anilines is 1. The van der Waals surface area contributed by atoms with Gasteiger partial charge in [0.05, 0.1) is 5.56 Å². The molecular weight excluding hydrogens is 449 g/mol. The minimum atomic E-state index is -1.26. The molecule has 3 heterocycles. The van der Waals surface area contributed by atoms with Gasteiger partial charge < -0.3 is 15.1 Å². The number of halogens is 1. The fourth-order valence-corrected chi connectivity index (χ4v) is 5.50. The normalized spacial score (nSPS) is 24.4. The molecule has 182 valence electrons. The number of aromatic nitrogens is 1. The third-order valence-corrected chi connectivity index (χ3v) is 7.73. The molecule has 4 aliphatic rings. The second kappa shape index (κ2) is 8.03. The number of aryl methyl sites for hydroxylation is 1. The highest BCUT2D eigenvalue weighted by Crippen LogP contribution is 2.47. The molecule has 2 aliphatic carbocycles. The molecule has 1 atom stereocenters. The van der Waals surface area contributed by atoms with E-state index < -0.39 is 23.3 Å². The van der Waals surface area contributed by atoms with Crippen molar-refractivity contribution in [3.63, 3.8) is 0 Å². The first-order valence-electron chi connectivity index (χ1n) is 12.3. The lowest BCUT2D eigenvalue weighted by Gasteiger charge is -2.36. The Balaban J connectivity index is 1.16. The van der Waals surface area contributed by atoms with Crippen LogP contribution in [0.1, 0.15) is 58.6 Å². The van der Waals surface area contributed by atoms with E-state index in [0.29, 0.717) is 37.7 Å². The fourth-order valence-electron chi connectivity index (χ4n) is 5.50. The van der Waals surface area contributed by atoms with Gasteiger partial charge in [-0.15, -0.1) is 0 Å². The van der Waals surface area contributed by atoms with E-state index in [4.69, 9.17) is 0 Å². The van der Waals surface area contributed by atoms with E-state index in [-0.39, 0.29) is 17.4 Å². The quantitative estimate of drug-likeness (QED) is 0.646. The lowest BCUT2D eigenvalue weighted by Crippen LogP contribution is -2.49. The van der Waals surface area contributed by atoms with E-state index in [1.54, 1.807) is 11.0 Å². The van der Waals surface area contributed by atoms with Gasteiger partial charge in [0, 0.05) is 32.4 Å². The molecular formula is C26H28FN5O3. The highest BCUT2D eigenvalue weighted by Gasteiger charge is 2.57. The molecule has 1 unspecified atom stereocenters. The molecule has 4 amide bonds. The highest BCUT2D eigenvalue weighted by atomic mass is 19.1. The van der Waals surface area contributed by atoms with Crippen LogP contribution < -0.4 is 15.5 Å². The number of nitrogens with one attached hydrogen (secondary N) is 2. The van der Waals surface area contributed by atoms with Crippen molar-refractivity contribution in [2.45, 2.75) is 44.1 Å². The summed E-state index contributed by atoms with van der Waals surface area (Å²) in [7, 11) is 0. The van der Waals surface area contributed by atoms with Gasteiger partial charge in [0.1, 0.15) is 17.2 Å². The predicted molar refractivity (Wildman–Crippen MR) is 127 cm³/mol. The molecule has 8 nitrogen and oxygen atoms in total. The molecule has 6 rings (SSSR count).